The highest BCUT2D eigenvalue weighted by Gasteiger charge is 2.31. The quantitative estimate of drug-likeness (QED) is 0.836. The summed E-state index contributed by atoms with van der Waals surface area (Å²) in [6, 6.07) is 3.77. The number of benzene rings is 1. The van der Waals surface area contributed by atoms with E-state index in [2.05, 4.69) is 0 Å². The fourth-order valence-electron chi connectivity index (χ4n) is 2.61. The maximum absolute atomic E-state index is 13.8. The lowest BCUT2D eigenvalue weighted by molar-refractivity contribution is -0.127. The smallest absolute Gasteiger partial charge is 0.247 e. The Kier molecular flexibility index (Phi) is 5.09. The van der Waals surface area contributed by atoms with Gasteiger partial charge in [0.05, 0.1) is 5.02 Å². The standard InChI is InChI=1S/C14H18ClFN2O3S/c1-10(19)18-7-6-11(9-18)8-17(2)22(20,21)14-12(15)4-3-5-13(14)16/h3-5,11H,6-9H2,1-2H3/t11-/m0/s1. The second kappa shape index (κ2) is 6.52. The number of carbonyl (C=O) groups excluding carboxylic acids is 1. The molecule has 1 aromatic carbocycles. The predicted molar refractivity (Wildman–Crippen MR) is 81.6 cm³/mol. The highest BCUT2D eigenvalue weighted by atomic mass is 35.5. The molecule has 0 spiro atoms. The lowest BCUT2D eigenvalue weighted by atomic mass is 10.1. The van der Waals surface area contributed by atoms with Gasteiger partial charge in [-0.2, -0.15) is 0 Å². The molecule has 0 saturated carbocycles. The Balaban J connectivity index is 2.15. The van der Waals surface area contributed by atoms with E-state index in [1.807, 2.05) is 0 Å². The van der Waals surface area contributed by atoms with Crippen LogP contribution in [-0.4, -0.2) is 50.2 Å². The molecule has 1 aliphatic heterocycles. The van der Waals surface area contributed by atoms with Crippen LogP contribution in [0, 0.1) is 11.7 Å². The molecular formula is C14H18ClFN2O3S. The van der Waals surface area contributed by atoms with Crippen LogP contribution in [0.3, 0.4) is 0 Å². The molecule has 1 aliphatic rings. The van der Waals surface area contributed by atoms with Gasteiger partial charge in [0.2, 0.25) is 15.9 Å². The van der Waals surface area contributed by atoms with Crippen LogP contribution in [0.25, 0.3) is 0 Å². The van der Waals surface area contributed by atoms with E-state index >= 15 is 0 Å². The number of rotatable bonds is 4. The summed E-state index contributed by atoms with van der Waals surface area (Å²) in [5, 5.41) is -0.136. The minimum Gasteiger partial charge on any atom is -0.343 e. The fourth-order valence-corrected chi connectivity index (χ4v) is 4.42. The number of hydrogen-bond acceptors (Lipinski definition) is 3. The minimum atomic E-state index is -4.00. The van der Waals surface area contributed by atoms with Gasteiger partial charge in [-0.05, 0) is 24.5 Å². The summed E-state index contributed by atoms with van der Waals surface area (Å²) in [7, 11) is -2.61. The molecule has 2 rings (SSSR count). The summed E-state index contributed by atoms with van der Waals surface area (Å²) in [6.45, 7) is 2.84. The highest BCUT2D eigenvalue weighted by molar-refractivity contribution is 7.89. The van der Waals surface area contributed by atoms with Crippen LogP contribution in [0.1, 0.15) is 13.3 Å². The number of sulfonamides is 1. The van der Waals surface area contributed by atoms with E-state index in [1.165, 1.54) is 26.1 Å². The molecule has 1 saturated heterocycles. The fraction of sp³-hybridized carbons (Fsp3) is 0.500. The molecule has 1 fully saturated rings. The molecule has 1 amide bonds. The summed E-state index contributed by atoms with van der Waals surface area (Å²) < 4.78 is 39.9. The van der Waals surface area contributed by atoms with Crippen molar-refractivity contribution in [2.75, 3.05) is 26.7 Å². The van der Waals surface area contributed by atoms with Crippen molar-refractivity contribution in [3.8, 4) is 0 Å². The maximum Gasteiger partial charge on any atom is 0.247 e. The first kappa shape index (κ1) is 17.2. The topological polar surface area (TPSA) is 57.7 Å². The second-order valence-electron chi connectivity index (χ2n) is 5.46. The van der Waals surface area contributed by atoms with E-state index in [0.717, 1.165) is 16.8 Å². The number of nitrogens with zero attached hydrogens (tertiary/aromatic N) is 2. The van der Waals surface area contributed by atoms with Crippen molar-refractivity contribution in [2.45, 2.75) is 18.2 Å². The Morgan fingerprint density at radius 2 is 2.18 bits per heavy atom. The number of amides is 1. The van der Waals surface area contributed by atoms with Gasteiger partial charge in [-0.25, -0.2) is 17.1 Å². The molecule has 0 radical (unpaired) electrons. The van der Waals surface area contributed by atoms with Crippen LogP contribution in [0.2, 0.25) is 5.02 Å². The van der Waals surface area contributed by atoms with Crippen molar-refractivity contribution >= 4 is 27.5 Å². The molecule has 8 heteroatoms. The van der Waals surface area contributed by atoms with Crippen LogP contribution in [0.4, 0.5) is 4.39 Å². The first-order valence-electron chi connectivity index (χ1n) is 6.89. The van der Waals surface area contributed by atoms with E-state index in [9.17, 15) is 17.6 Å². The number of likely N-dealkylation sites (tertiary alicyclic amines) is 1. The van der Waals surface area contributed by atoms with Gasteiger partial charge < -0.3 is 4.90 Å². The molecule has 0 aliphatic carbocycles. The molecule has 1 aromatic rings. The Morgan fingerprint density at radius 1 is 1.50 bits per heavy atom. The van der Waals surface area contributed by atoms with Crippen molar-refractivity contribution in [2.24, 2.45) is 5.92 Å². The zero-order chi connectivity index (χ0) is 16.5. The third-order valence-corrected chi connectivity index (χ3v) is 6.16. The van der Waals surface area contributed by atoms with Gasteiger partial charge in [-0.15, -0.1) is 0 Å². The zero-order valence-electron chi connectivity index (χ0n) is 12.4. The van der Waals surface area contributed by atoms with Gasteiger partial charge in [0.15, 0.2) is 0 Å². The number of hydrogen-bond donors (Lipinski definition) is 0. The van der Waals surface area contributed by atoms with E-state index in [4.69, 9.17) is 11.6 Å². The largest absolute Gasteiger partial charge is 0.343 e. The lowest BCUT2D eigenvalue weighted by Crippen LogP contribution is -2.34. The lowest BCUT2D eigenvalue weighted by Gasteiger charge is -2.22. The Bertz CT molecular complexity index is 660. The van der Waals surface area contributed by atoms with Crippen molar-refractivity contribution in [3.63, 3.8) is 0 Å². The van der Waals surface area contributed by atoms with Gasteiger partial charge in [0, 0.05) is 33.6 Å². The molecular weight excluding hydrogens is 331 g/mol. The normalized spacial score (nSPS) is 19.0. The highest BCUT2D eigenvalue weighted by Crippen LogP contribution is 2.28. The molecule has 0 N–H and O–H groups in total. The van der Waals surface area contributed by atoms with Crippen molar-refractivity contribution in [3.05, 3.63) is 29.0 Å². The summed E-state index contributed by atoms with van der Waals surface area (Å²) >= 11 is 5.84. The van der Waals surface area contributed by atoms with Gasteiger partial charge in [-0.1, -0.05) is 17.7 Å². The van der Waals surface area contributed by atoms with Crippen molar-refractivity contribution in [1.82, 2.24) is 9.21 Å². The van der Waals surface area contributed by atoms with Crippen LogP contribution in [-0.2, 0) is 14.8 Å². The van der Waals surface area contributed by atoms with Crippen LogP contribution in [0.5, 0.6) is 0 Å². The van der Waals surface area contributed by atoms with Gasteiger partial charge in [0.1, 0.15) is 10.7 Å². The predicted octanol–water partition coefficient (Wildman–Crippen LogP) is 1.97. The van der Waals surface area contributed by atoms with Crippen molar-refractivity contribution < 1.29 is 17.6 Å². The third-order valence-electron chi connectivity index (χ3n) is 3.83. The van der Waals surface area contributed by atoms with Crippen LogP contribution in [0.15, 0.2) is 23.1 Å². The minimum absolute atomic E-state index is 0.0230. The van der Waals surface area contributed by atoms with Gasteiger partial charge in [-0.3, -0.25) is 4.79 Å². The third kappa shape index (κ3) is 3.42. The maximum atomic E-state index is 13.8. The Morgan fingerprint density at radius 3 is 2.73 bits per heavy atom. The molecule has 22 heavy (non-hydrogen) atoms. The van der Waals surface area contributed by atoms with Crippen LogP contribution < -0.4 is 0 Å². The molecule has 0 aromatic heterocycles. The van der Waals surface area contributed by atoms with Crippen LogP contribution >= 0.6 is 11.6 Å². The van der Waals surface area contributed by atoms with Crippen molar-refractivity contribution in [1.29, 1.82) is 0 Å². The van der Waals surface area contributed by atoms with E-state index in [1.54, 1.807) is 4.90 Å². The SMILES string of the molecule is CC(=O)N1CC[C@@H](CN(C)S(=O)(=O)c2c(F)cccc2Cl)C1. The first-order chi connectivity index (χ1) is 10.2. The average molecular weight is 349 g/mol. The summed E-state index contributed by atoms with van der Waals surface area (Å²) in [6.07, 6.45) is 0.727. The molecule has 122 valence electrons. The Labute approximate surface area is 134 Å². The van der Waals surface area contributed by atoms with E-state index < -0.39 is 20.7 Å². The summed E-state index contributed by atoms with van der Waals surface area (Å²) in [5.41, 5.74) is 0. The molecule has 5 nitrogen and oxygen atoms in total. The first-order valence-corrected chi connectivity index (χ1v) is 8.71. The zero-order valence-corrected chi connectivity index (χ0v) is 14.0. The van der Waals surface area contributed by atoms with Gasteiger partial charge >= 0.3 is 0 Å². The Hall–Kier alpha value is -1.18. The number of halogens is 2. The summed E-state index contributed by atoms with van der Waals surface area (Å²) in [4.78, 5) is 12.5. The second-order valence-corrected chi connectivity index (χ2v) is 7.84. The summed E-state index contributed by atoms with van der Waals surface area (Å²) in [5.74, 6) is -0.851. The molecule has 1 heterocycles. The van der Waals surface area contributed by atoms with Gasteiger partial charge in [0.25, 0.3) is 0 Å². The van der Waals surface area contributed by atoms with E-state index in [-0.39, 0.29) is 23.4 Å². The molecule has 0 bridgehead atoms. The van der Waals surface area contributed by atoms with E-state index in [0.29, 0.717) is 13.1 Å². The molecule has 1 atom stereocenters. The average Bonchev–Trinajstić information content (AvgIpc) is 2.86. The molecule has 0 unspecified atom stereocenters. The number of carbonyl (C=O) groups is 1. The monoisotopic (exact) mass is 348 g/mol.